The summed E-state index contributed by atoms with van der Waals surface area (Å²) < 4.78 is 5.85. The van der Waals surface area contributed by atoms with Gasteiger partial charge >= 0.3 is 0 Å². The van der Waals surface area contributed by atoms with Crippen LogP contribution in [0.25, 0.3) is 11.0 Å². The number of hydrogen-bond donors (Lipinski definition) is 1. The third-order valence-electron chi connectivity index (χ3n) is 2.92. The SMILES string of the molecule is CNC(c1ccncn1)c1cc2ccccc2o1. The molecule has 1 atom stereocenters. The lowest BCUT2D eigenvalue weighted by Gasteiger charge is -2.11. The summed E-state index contributed by atoms with van der Waals surface area (Å²) in [5, 5.41) is 4.31. The summed E-state index contributed by atoms with van der Waals surface area (Å²) in [4.78, 5) is 8.19. The molecule has 0 amide bonds. The number of aromatic nitrogens is 2. The Labute approximate surface area is 105 Å². The van der Waals surface area contributed by atoms with Crippen molar-refractivity contribution in [2.75, 3.05) is 7.05 Å². The van der Waals surface area contributed by atoms with Gasteiger partial charge in [0, 0.05) is 11.6 Å². The second-order valence-electron chi connectivity index (χ2n) is 4.04. The Bertz CT molecular complexity index is 615. The average molecular weight is 239 g/mol. The van der Waals surface area contributed by atoms with E-state index in [1.54, 1.807) is 12.5 Å². The first-order chi connectivity index (χ1) is 8.88. The average Bonchev–Trinajstić information content (AvgIpc) is 2.84. The predicted molar refractivity (Wildman–Crippen MR) is 69.1 cm³/mol. The first kappa shape index (κ1) is 10.9. The molecule has 90 valence electrons. The molecule has 0 saturated heterocycles. The van der Waals surface area contributed by atoms with Gasteiger partial charge in [-0.25, -0.2) is 9.97 Å². The number of hydrogen-bond acceptors (Lipinski definition) is 4. The van der Waals surface area contributed by atoms with Crippen LogP contribution in [-0.4, -0.2) is 17.0 Å². The Hall–Kier alpha value is -2.20. The molecule has 1 N–H and O–H groups in total. The molecule has 0 fully saturated rings. The standard InChI is InChI=1S/C14H13N3O/c1-15-14(11-6-7-16-9-17-11)13-8-10-4-2-3-5-12(10)18-13/h2-9,14-15H,1H3. The number of nitrogens with zero attached hydrogens (tertiary/aromatic N) is 2. The summed E-state index contributed by atoms with van der Waals surface area (Å²) in [6.07, 6.45) is 3.28. The molecule has 2 heterocycles. The van der Waals surface area contributed by atoms with E-state index in [4.69, 9.17) is 4.42 Å². The summed E-state index contributed by atoms with van der Waals surface area (Å²) in [5.74, 6) is 0.859. The fourth-order valence-electron chi connectivity index (χ4n) is 2.05. The molecule has 2 aromatic heterocycles. The molecule has 0 radical (unpaired) electrons. The minimum absolute atomic E-state index is 0.0552. The van der Waals surface area contributed by atoms with Gasteiger partial charge in [0.1, 0.15) is 23.7 Å². The zero-order valence-electron chi connectivity index (χ0n) is 10.00. The molecular weight excluding hydrogens is 226 g/mol. The summed E-state index contributed by atoms with van der Waals surface area (Å²) in [6, 6.07) is 11.8. The third-order valence-corrected chi connectivity index (χ3v) is 2.92. The van der Waals surface area contributed by atoms with Crippen LogP contribution in [0.5, 0.6) is 0 Å². The number of rotatable bonds is 3. The van der Waals surface area contributed by atoms with E-state index >= 15 is 0 Å². The monoisotopic (exact) mass is 239 g/mol. The highest BCUT2D eigenvalue weighted by Gasteiger charge is 2.17. The van der Waals surface area contributed by atoms with E-state index in [9.17, 15) is 0 Å². The minimum atomic E-state index is -0.0552. The molecule has 1 aromatic carbocycles. The van der Waals surface area contributed by atoms with Gasteiger partial charge in [0.2, 0.25) is 0 Å². The number of fused-ring (bicyclic) bond motifs is 1. The highest BCUT2D eigenvalue weighted by molar-refractivity contribution is 5.77. The molecule has 0 aliphatic rings. The first-order valence-corrected chi connectivity index (χ1v) is 5.80. The van der Waals surface area contributed by atoms with Crippen LogP contribution in [0.3, 0.4) is 0 Å². The van der Waals surface area contributed by atoms with Crippen LogP contribution in [0.15, 0.2) is 53.3 Å². The summed E-state index contributed by atoms with van der Waals surface area (Å²) in [5.41, 5.74) is 1.79. The second kappa shape index (κ2) is 4.58. The number of nitrogens with one attached hydrogen (secondary N) is 1. The van der Waals surface area contributed by atoms with E-state index in [2.05, 4.69) is 15.3 Å². The summed E-state index contributed by atoms with van der Waals surface area (Å²) >= 11 is 0. The lowest BCUT2D eigenvalue weighted by molar-refractivity contribution is 0.485. The molecule has 4 nitrogen and oxygen atoms in total. The molecule has 0 aliphatic carbocycles. The summed E-state index contributed by atoms with van der Waals surface area (Å²) in [7, 11) is 1.89. The molecule has 0 bridgehead atoms. The Balaban J connectivity index is 2.06. The second-order valence-corrected chi connectivity index (χ2v) is 4.04. The molecule has 1 unspecified atom stereocenters. The minimum Gasteiger partial charge on any atom is -0.459 e. The molecule has 0 saturated carbocycles. The van der Waals surface area contributed by atoms with Crippen molar-refractivity contribution in [3.63, 3.8) is 0 Å². The van der Waals surface area contributed by atoms with Gasteiger partial charge in [-0.15, -0.1) is 0 Å². The Kier molecular flexibility index (Phi) is 2.78. The van der Waals surface area contributed by atoms with Crippen LogP contribution in [0.1, 0.15) is 17.5 Å². The van der Waals surface area contributed by atoms with Gasteiger partial charge in [0.25, 0.3) is 0 Å². The van der Waals surface area contributed by atoms with Crippen molar-refractivity contribution in [1.29, 1.82) is 0 Å². The van der Waals surface area contributed by atoms with Crippen molar-refractivity contribution in [2.24, 2.45) is 0 Å². The Morgan fingerprint density at radius 3 is 2.83 bits per heavy atom. The van der Waals surface area contributed by atoms with Gasteiger partial charge in [-0.05, 0) is 25.2 Å². The van der Waals surface area contributed by atoms with Crippen molar-refractivity contribution in [2.45, 2.75) is 6.04 Å². The number of furan rings is 1. The molecule has 3 aromatic rings. The molecule has 0 spiro atoms. The lowest BCUT2D eigenvalue weighted by atomic mass is 10.1. The van der Waals surface area contributed by atoms with Gasteiger partial charge in [-0.1, -0.05) is 18.2 Å². The predicted octanol–water partition coefficient (Wildman–Crippen LogP) is 2.53. The maximum Gasteiger partial charge on any atom is 0.134 e. The third kappa shape index (κ3) is 1.87. The van der Waals surface area contributed by atoms with Crippen molar-refractivity contribution < 1.29 is 4.42 Å². The highest BCUT2D eigenvalue weighted by Crippen LogP contribution is 2.26. The van der Waals surface area contributed by atoms with Crippen molar-refractivity contribution in [3.8, 4) is 0 Å². The molecule has 3 rings (SSSR count). The first-order valence-electron chi connectivity index (χ1n) is 5.80. The van der Waals surface area contributed by atoms with E-state index in [0.717, 1.165) is 22.4 Å². The van der Waals surface area contributed by atoms with Crippen molar-refractivity contribution in [3.05, 3.63) is 60.4 Å². The highest BCUT2D eigenvalue weighted by atomic mass is 16.3. The lowest BCUT2D eigenvalue weighted by Crippen LogP contribution is -2.18. The van der Waals surface area contributed by atoms with Crippen LogP contribution in [0, 0.1) is 0 Å². The smallest absolute Gasteiger partial charge is 0.134 e. The normalized spacial score (nSPS) is 12.7. The molecule has 4 heteroatoms. The van der Waals surface area contributed by atoms with Crippen LogP contribution >= 0.6 is 0 Å². The number of benzene rings is 1. The largest absolute Gasteiger partial charge is 0.459 e. The van der Waals surface area contributed by atoms with Crippen LogP contribution < -0.4 is 5.32 Å². The molecule has 18 heavy (non-hydrogen) atoms. The molecular formula is C14H13N3O. The van der Waals surface area contributed by atoms with E-state index < -0.39 is 0 Å². The zero-order valence-corrected chi connectivity index (χ0v) is 10.00. The fraction of sp³-hybridized carbons (Fsp3) is 0.143. The van der Waals surface area contributed by atoms with Gasteiger partial charge in [-0.3, -0.25) is 0 Å². The molecule has 0 aliphatic heterocycles. The summed E-state index contributed by atoms with van der Waals surface area (Å²) in [6.45, 7) is 0. The van der Waals surface area contributed by atoms with E-state index in [0.29, 0.717) is 0 Å². The number of para-hydroxylation sites is 1. The maximum absolute atomic E-state index is 5.85. The Morgan fingerprint density at radius 2 is 2.11 bits per heavy atom. The van der Waals surface area contributed by atoms with Gasteiger partial charge < -0.3 is 9.73 Å². The van der Waals surface area contributed by atoms with Crippen LogP contribution in [-0.2, 0) is 0 Å². The van der Waals surface area contributed by atoms with E-state index in [-0.39, 0.29) is 6.04 Å². The van der Waals surface area contributed by atoms with Gasteiger partial charge in [0.05, 0.1) is 5.69 Å². The Morgan fingerprint density at radius 1 is 1.22 bits per heavy atom. The maximum atomic E-state index is 5.85. The fourth-order valence-corrected chi connectivity index (χ4v) is 2.05. The topological polar surface area (TPSA) is 51.0 Å². The van der Waals surface area contributed by atoms with Crippen molar-refractivity contribution in [1.82, 2.24) is 15.3 Å². The van der Waals surface area contributed by atoms with Crippen LogP contribution in [0.4, 0.5) is 0 Å². The van der Waals surface area contributed by atoms with Gasteiger partial charge in [0.15, 0.2) is 0 Å². The van der Waals surface area contributed by atoms with E-state index in [1.807, 2.05) is 43.4 Å². The van der Waals surface area contributed by atoms with Gasteiger partial charge in [-0.2, -0.15) is 0 Å². The zero-order chi connectivity index (χ0) is 12.4. The van der Waals surface area contributed by atoms with E-state index in [1.165, 1.54) is 0 Å². The van der Waals surface area contributed by atoms with Crippen molar-refractivity contribution >= 4 is 11.0 Å². The quantitative estimate of drug-likeness (QED) is 0.763. The van der Waals surface area contributed by atoms with Crippen LogP contribution in [0.2, 0.25) is 0 Å².